The summed E-state index contributed by atoms with van der Waals surface area (Å²) in [6.45, 7) is 3.76. The van der Waals surface area contributed by atoms with Gasteiger partial charge in [-0.1, -0.05) is 18.5 Å². The van der Waals surface area contributed by atoms with Crippen LogP contribution >= 0.6 is 11.6 Å². The normalized spacial score (nSPS) is 11.1. The molecule has 0 aliphatic heterocycles. The Balaban J connectivity index is 2.16. The van der Waals surface area contributed by atoms with Gasteiger partial charge in [-0.2, -0.15) is 0 Å². The second-order valence-electron chi connectivity index (χ2n) is 3.40. The van der Waals surface area contributed by atoms with E-state index in [2.05, 4.69) is 17.2 Å². The van der Waals surface area contributed by atoms with Crippen LogP contribution < -0.4 is 5.32 Å². The molecule has 0 bridgehead atoms. The molecule has 1 aromatic heterocycles. The fourth-order valence-corrected chi connectivity index (χ4v) is 1.56. The number of hydrogen-bond acceptors (Lipinski definition) is 3. The molecule has 2 aromatic rings. The molecular formula is C11H13ClN2O. The number of nitrogens with zero attached hydrogens (tertiary/aromatic N) is 1. The summed E-state index contributed by atoms with van der Waals surface area (Å²) in [6, 6.07) is 5.47. The third-order valence-electron chi connectivity index (χ3n) is 2.10. The van der Waals surface area contributed by atoms with E-state index in [1.165, 1.54) is 0 Å². The average molecular weight is 225 g/mol. The monoisotopic (exact) mass is 224 g/mol. The predicted molar refractivity (Wildman–Crippen MR) is 61.0 cm³/mol. The number of aromatic nitrogens is 1. The van der Waals surface area contributed by atoms with Crippen molar-refractivity contribution < 1.29 is 4.42 Å². The number of rotatable bonds is 4. The van der Waals surface area contributed by atoms with Crippen LogP contribution in [0, 0.1) is 0 Å². The highest BCUT2D eigenvalue weighted by molar-refractivity contribution is 6.31. The molecule has 0 unspecified atom stereocenters. The van der Waals surface area contributed by atoms with Crippen molar-refractivity contribution in [2.75, 3.05) is 6.54 Å². The van der Waals surface area contributed by atoms with Crippen molar-refractivity contribution >= 4 is 22.7 Å². The van der Waals surface area contributed by atoms with Gasteiger partial charge < -0.3 is 9.73 Å². The molecule has 0 aliphatic rings. The molecule has 1 heterocycles. The SMILES string of the molecule is CCCNCc1nc2ccc(Cl)cc2o1. The number of hydrogen-bond donors (Lipinski definition) is 1. The van der Waals surface area contributed by atoms with E-state index in [-0.39, 0.29) is 0 Å². The highest BCUT2D eigenvalue weighted by Gasteiger charge is 2.04. The van der Waals surface area contributed by atoms with Gasteiger partial charge in [-0.3, -0.25) is 0 Å². The molecule has 15 heavy (non-hydrogen) atoms. The molecule has 4 heteroatoms. The number of nitrogens with one attached hydrogen (secondary N) is 1. The van der Waals surface area contributed by atoms with Crippen LogP contribution in [0.4, 0.5) is 0 Å². The minimum absolute atomic E-state index is 0.667. The van der Waals surface area contributed by atoms with Crippen LogP contribution in [-0.2, 0) is 6.54 Å². The van der Waals surface area contributed by atoms with Gasteiger partial charge in [0.15, 0.2) is 5.58 Å². The van der Waals surface area contributed by atoms with E-state index in [1.807, 2.05) is 12.1 Å². The Kier molecular flexibility index (Phi) is 3.23. The first kappa shape index (κ1) is 10.5. The molecule has 1 N–H and O–H groups in total. The maximum absolute atomic E-state index is 5.85. The van der Waals surface area contributed by atoms with Crippen molar-refractivity contribution in [3.63, 3.8) is 0 Å². The molecule has 0 amide bonds. The smallest absolute Gasteiger partial charge is 0.209 e. The lowest BCUT2D eigenvalue weighted by molar-refractivity contribution is 0.495. The topological polar surface area (TPSA) is 38.1 Å². The molecule has 80 valence electrons. The zero-order valence-electron chi connectivity index (χ0n) is 8.59. The molecular weight excluding hydrogens is 212 g/mol. The van der Waals surface area contributed by atoms with Crippen LogP contribution in [0.2, 0.25) is 5.02 Å². The van der Waals surface area contributed by atoms with E-state index in [4.69, 9.17) is 16.0 Å². The van der Waals surface area contributed by atoms with Gasteiger partial charge in [0, 0.05) is 11.1 Å². The van der Waals surface area contributed by atoms with E-state index in [9.17, 15) is 0 Å². The lowest BCUT2D eigenvalue weighted by Crippen LogP contribution is -2.13. The van der Waals surface area contributed by atoms with E-state index in [1.54, 1.807) is 6.07 Å². The first-order valence-electron chi connectivity index (χ1n) is 5.05. The van der Waals surface area contributed by atoms with E-state index in [0.29, 0.717) is 17.5 Å². The lowest BCUT2D eigenvalue weighted by atomic mass is 10.3. The minimum Gasteiger partial charge on any atom is -0.439 e. The number of fused-ring (bicyclic) bond motifs is 1. The summed E-state index contributed by atoms with van der Waals surface area (Å²) in [5.74, 6) is 0.709. The van der Waals surface area contributed by atoms with Crippen LogP contribution in [-0.4, -0.2) is 11.5 Å². The summed E-state index contributed by atoms with van der Waals surface area (Å²) < 4.78 is 5.54. The fourth-order valence-electron chi connectivity index (χ4n) is 1.39. The van der Waals surface area contributed by atoms with Gasteiger partial charge in [-0.15, -0.1) is 0 Å². The molecule has 0 spiro atoms. The summed E-state index contributed by atoms with van der Waals surface area (Å²) in [4.78, 5) is 4.34. The summed E-state index contributed by atoms with van der Waals surface area (Å²) in [5.41, 5.74) is 1.60. The van der Waals surface area contributed by atoms with Crippen molar-refractivity contribution in [3.05, 3.63) is 29.1 Å². The largest absolute Gasteiger partial charge is 0.439 e. The summed E-state index contributed by atoms with van der Waals surface area (Å²) in [6.07, 6.45) is 1.10. The van der Waals surface area contributed by atoms with Crippen LogP contribution in [0.5, 0.6) is 0 Å². The van der Waals surface area contributed by atoms with Gasteiger partial charge in [0.05, 0.1) is 6.54 Å². The highest BCUT2D eigenvalue weighted by atomic mass is 35.5. The Morgan fingerprint density at radius 2 is 2.33 bits per heavy atom. The van der Waals surface area contributed by atoms with Gasteiger partial charge in [0.1, 0.15) is 5.52 Å². The van der Waals surface area contributed by atoms with E-state index >= 15 is 0 Å². The molecule has 2 rings (SSSR count). The van der Waals surface area contributed by atoms with Gasteiger partial charge in [-0.05, 0) is 25.1 Å². The maximum Gasteiger partial charge on any atom is 0.209 e. The Morgan fingerprint density at radius 3 is 3.13 bits per heavy atom. The van der Waals surface area contributed by atoms with Crippen molar-refractivity contribution in [2.24, 2.45) is 0 Å². The highest BCUT2D eigenvalue weighted by Crippen LogP contribution is 2.19. The second kappa shape index (κ2) is 4.64. The van der Waals surface area contributed by atoms with Crippen molar-refractivity contribution in [1.82, 2.24) is 10.3 Å². The maximum atomic E-state index is 5.85. The third-order valence-corrected chi connectivity index (χ3v) is 2.33. The second-order valence-corrected chi connectivity index (χ2v) is 3.83. The zero-order valence-corrected chi connectivity index (χ0v) is 9.34. The van der Waals surface area contributed by atoms with Gasteiger partial charge >= 0.3 is 0 Å². The molecule has 0 saturated heterocycles. The van der Waals surface area contributed by atoms with Crippen molar-refractivity contribution in [3.8, 4) is 0 Å². The standard InChI is InChI=1S/C11H13ClN2O/c1-2-5-13-7-11-14-9-4-3-8(12)6-10(9)15-11/h3-4,6,13H,2,5,7H2,1H3. The lowest BCUT2D eigenvalue weighted by Gasteiger charge is -1.96. The summed E-state index contributed by atoms with van der Waals surface area (Å²) >= 11 is 5.85. The Bertz CT molecular complexity index is 453. The molecule has 3 nitrogen and oxygen atoms in total. The first-order chi connectivity index (χ1) is 7.29. The van der Waals surface area contributed by atoms with Gasteiger partial charge in [-0.25, -0.2) is 4.98 Å². The predicted octanol–water partition coefficient (Wildman–Crippen LogP) is 2.98. The molecule has 0 atom stereocenters. The van der Waals surface area contributed by atoms with Crippen LogP contribution in [0.15, 0.2) is 22.6 Å². The van der Waals surface area contributed by atoms with Gasteiger partial charge in [0.2, 0.25) is 5.89 Å². The minimum atomic E-state index is 0.667. The molecule has 1 aromatic carbocycles. The van der Waals surface area contributed by atoms with Crippen molar-refractivity contribution in [1.29, 1.82) is 0 Å². The zero-order chi connectivity index (χ0) is 10.7. The number of oxazole rings is 1. The van der Waals surface area contributed by atoms with Crippen LogP contribution in [0.3, 0.4) is 0 Å². The Hall–Kier alpha value is -1.06. The summed E-state index contributed by atoms with van der Waals surface area (Å²) in [5, 5.41) is 3.91. The summed E-state index contributed by atoms with van der Waals surface area (Å²) in [7, 11) is 0. The molecule has 0 saturated carbocycles. The average Bonchev–Trinajstić information content (AvgIpc) is 2.60. The first-order valence-corrected chi connectivity index (χ1v) is 5.43. The van der Waals surface area contributed by atoms with E-state index < -0.39 is 0 Å². The van der Waals surface area contributed by atoms with Gasteiger partial charge in [0.25, 0.3) is 0 Å². The van der Waals surface area contributed by atoms with Crippen LogP contribution in [0.1, 0.15) is 19.2 Å². The molecule has 0 fully saturated rings. The fraction of sp³-hybridized carbons (Fsp3) is 0.364. The quantitative estimate of drug-likeness (QED) is 0.812. The Morgan fingerprint density at radius 1 is 1.47 bits per heavy atom. The number of benzene rings is 1. The van der Waals surface area contributed by atoms with Crippen LogP contribution in [0.25, 0.3) is 11.1 Å². The van der Waals surface area contributed by atoms with E-state index in [0.717, 1.165) is 24.1 Å². The van der Waals surface area contributed by atoms with Crippen molar-refractivity contribution in [2.45, 2.75) is 19.9 Å². The molecule has 0 radical (unpaired) electrons. The Labute approximate surface area is 93.4 Å². The number of halogens is 1. The third kappa shape index (κ3) is 2.49. The molecule has 0 aliphatic carbocycles.